The average molecular weight is 326 g/mol. The average Bonchev–Trinajstić information content (AvgIpc) is 2.60. The lowest BCUT2D eigenvalue weighted by Gasteiger charge is -2.31. The van der Waals surface area contributed by atoms with Crippen LogP contribution in [0.5, 0.6) is 5.75 Å². The van der Waals surface area contributed by atoms with Gasteiger partial charge in [0.05, 0.1) is 12.6 Å². The normalized spacial score (nSPS) is 16.7. The fourth-order valence-corrected chi connectivity index (χ4v) is 3.79. The number of benzene rings is 2. The summed E-state index contributed by atoms with van der Waals surface area (Å²) in [6, 6.07) is 12.0. The number of amides is 2. The van der Waals surface area contributed by atoms with E-state index in [4.69, 9.17) is 10.5 Å². The number of carbonyl (C=O) groups excluding carboxylic acids is 1. The van der Waals surface area contributed by atoms with Crippen LogP contribution in [-0.4, -0.2) is 12.6 Å². The Morgan fingerprint density at radius 2 is 1.88 bits per heavy atom. The van der Waals surface area contributed by atoms with Crippen LogP contribution in [0, 0.1) is 5.92 Å². The summed E-state index contributed by atoms with van der Waals surface area (Å²) in [5, 5.41) is 5.28. The molecule has 1 atom stereocenters. The van der Waals surface area contributed by atoms with E-state index in [0.717, 1.165) is 34.9 Å². The molecule has 1 aliphatic rings. The molecule has 0 saturated heterocycles. The van der Waals surface area contributed by atoms with Crippen molar-refractivity contribution in [1.82, 2.24) is 5.32 Å². The van der Waals surface area contributed by atoms with Crippen molar-refractivity contribution in [2.24, 2.45) is 11.7 Å². The van der Waals surface area contributed by atoms with Gasteiger partial charge in [0.1, 0.15) is 5.75 Å². The molecule has 128 valence electrons. The molecule has 0 aromatic heterocycles. The first-order valence-electron chi connectivity index (χ1n) is 8.90. The standard InChI is InChI=1S/C20H26N2O2/c1-2-24-18-11-10-15-12-17(9-8-16(15)13-18)19(22-20(21)23)14-6-4-3-5-7-14/h8-14,19H,2-7H2,1H3,(H3,21,22,23)/t19-/m0/s1. The van der Waals surface area contributed by atoms with Crippen molar-refractivity contribution < 1.29 is 9.53 Å². The quantitative estimate of drug-likeness (QED) is 0.848. The molecule has 1 fully saturated rings. The van der Waals surface area contributed by atoms with Crippen molar-refractivity contribution >= 4 is 16.8 Å². The molecule has 0 bridgehead atoms. The third kappa shape index (κ3) is 3.81. The van der Waals surface area contributed by atoms with Crippen LogP contribution in [0.3, 0.4) is 0 Å². The van der Waals surface area contributed by atoms with Gasteiger partial charge in [-0.05, 0) is 60.2 Å². The van der Waals surface area contributed by atoms with Gasteiger partial charge in [0.25, 0.3) is 0 Å². The third-order valence-corrected chi connectivity index (χ3v) is 4.92. The van der Waals surface area contributed by atoms with Gasteiger partial charge in [-0.2, -0.15) is 0 Å². The maximum atomic E-state index is 11.5. The van der Waals surface area contributed by atoms with E-state index < -0.39 is 6.03 Å². The second kappa shape index (κ2) is 7.56. The van der Waals surface area contributed by atoms with E-state index in [0.29, 0.717) is 12.5 Å². The molecule has 2 aromatic rings. The molecule has 24 heavy (non-hydrogen) atoms. The van der Waals surface area contributed by atoms with E-state index in [1.165, 1.54) is 19.3 Å². The molecule has 0 aliphatic heterocycles. The number of rotatable bonds is 5. The summed E-state index contributed by atoms with van der Waals surface area (Å²) in [7, 11) is 0. The van der Waals surface area contributed by atoms with Gasteiger partial charge in [-0.3, -0.25) is 0 Å². The molecule has 4 heteroatoms. The number of carbonyl (C=O) groups is 1. The number of urea groups is 1. The van der Waals surface area contributed by atoms with Crippen molar-refractivity contribution in [2.75, 3.05) is 6.61 Å². The lowest BCUT2D eigenvalue weighted by molar-refractivity contribution is 0.229. The third-order valence-electron chi connectivity index (χ3n) is 4.92. The first-order chi connectivity index (χ1) is 11.7. The van der Waals surface area contributed by atoms with Crippen LogP contribution in [0.2, 0.25) is 0 Å². The van der Waals surface area contributed by atoms with E-state index in [1.807, 2.05) is 13.0 Å². The van der Waals surface area contributed by atoms with Crippen molar-refractivity contribution in [3.05, 3.63) is 42.0 Å². The van der Waals surface area contributed by atoms with Crippen LogP contribution >= 0.6 is 0 Å². The van der Waals surface area contributed by atoms with E-state index in [2.05, 4.69) is 35.6 Å². The largest absolute Gasteiger partial charge is 0.494 e. The Morgan fingerprint density at radius 1 is 1.17 bits per heavy atom. The van der Waals surface area contributed by atoms with Gasteiger partial charge in [0.15, 0.2) is 0 Å². The van der Waals surface area contributed by atoms with Crippen molar-refractivity contribution in [2.45, 2.75) is 45.1 Å². The van der Waals surface area contributed by atoms with Gasteiger partial charge in [-0.25, -0.2) is 4.79 Å². The SMILES string of the molecule is CCOc1ccc2cc([C@@H](NC(N)=O)C3CCCCC3)ccc2c1. The Bertz CT molecular complexity index is 708. The van der Waals surface area contributed by atoms with Gasteiger partial charge in [-0.1, -0.05) is 37.5 Å². The molecule has 4 nitrogen and oxygen atoms in total. The lowest BCUT2D eigenvalue weighted by Crippen LogP contribution is -2.37. The zero-order chi connectivity index (χ0) is 16.9. The Labute approximate surface area is 143 Å². The molecular formula is C20H26N2O2. The second-order valence-electron chi connectivity index (χ2n) is 6.59. The Kier molecular flexibility index (Phi) is 5.24. The van der Waals surface area contributed by atoms with Crippen molar-refractivity contribution in [3.8, 4) is 5.75 Å². The lowest BCUT2D eigenvalue weighted by atomic mass is 9.81. The number of nitrogens with one attached hydrogen (secondary N) is 1. The number of hydrogen-bond acceptors (Lipinski definition) is 2. The highest BCUT2D eigenvalue weighted by Gasteiger charge is 2.26. The summed E-state index contributed by atoms with van der Waals surface area (Å²) in [5.41, 5.74) is 6.57. The van der Waals surface area contributed by atoms with Crippen LogP contribution in [0.15, 0.2) is 36.4 Å². The molecule has 0 unspecified atom stereocenters. The molecule has 0 heterocycles. The van der Waals surface area contributed by atoms with E-state index in [-0.39, 0.29) is 6.04 Å². The maximum Gasteiger partial charge on any atom is 0.312 e. The summed E-state index contributed by atoms with van der Waals surface area (Å²) in [6.45, 7) is 2.65. The molecule has 1 aliphatic carbocycles. The fourth-order valence-electron chi connectivity index (χ4n) is 3.79. The predicted molar refractivity (Wildman–Crippen MR) is 97.2 cm³/mol. The Hall–Kier alpha value is -2.23. The molecule has 2 aromatic carbocycles. The van der Waals surface area contributed by atoms with Crippen LogP contribution < -0.4 is 15.8 Å². The van der Waals surface area contributed by atoms with Crippen LogP contribution in [-0.2, 0) is 0 Å². The number of ether oxygens (including phenoxy) is 1. The first kappa shape index (κ1) is 16.6. The monoisotopic (exact) mass is 326 g/mol. The van der Waals surface area contributed by atoms with Crippen LogP contribution in [0.25, 0.3) is 10.8 Å². The zero-order valence-corrected chi connectivity index (χ0v) is 14.3. The van der Waals surface area contributed by atoms with Gasteiger partial charge >= 0.3 is 6.03 Å². The fraction of sp³-hybridized carbons (Fsp3) is 0.450. The zero-order valence-electron chi connectivity index (χ0n) is 14.3. The van der Waals surface area contributed by atoms with E-state index in [9.17, 15) is 4.79 Å². The number of fused-ring (bicyclic) bond motifs is 1. The van der Waals surface area contributed by atoms with Gasteiger partial charge < -0.3 is 15.8 Å². The minimum Gasteiger partial charge on any atom is -0.494 e. The summed E-state index contributed by atoms with van der Waals surface area (Å²) in [5.74, 6) is 1.35. The predicted octanol–water partition coefficient (Wildman–Crippen LogP) is 4.53. The van der Waals surface area contributed by atoms with Gasteiger partial charge in [-0.15, -0.1) is 0 Å². The maximum absolute atomic E-state index is 11.5. The highest BCUT2D eigenvalue weighted by atomic mass is 16.5. The van der Waals surface area contributed by atoms with Gasteiger partial charge in [0.2, 0.25) is 0 Å². The van der Waals surface area contributed by atoms with Crippen LogP contribution in [0.1, 0.15) is 50.6 Å². The van der Waals surface area contributed by atoms with Gasteiger partial charge in [0, 0.05) is 0 Å². The molecule has 3 N–H and O–H groups in total. The van der Waals surface area contributed by atoms with Crippen molar-refractivity contribution in [3.63, 3.8) is 0 Å². The number of hydrogen-bond donors (Lipinski definition) is 2. The molecule has 2 amide bonds. The number of nitrogens with two attached hydrogens (primary N) is 1. The minimum absolute atomic E-state index is 0.00114. The molecule has 0 spiro atoms. The minimum atomic E-state index is -0.447. The molecule has 0 radical (unpaired) electrons. The topological polar surface area (TPSA) is 64.3 Å². The van der Waals surface area contributed by atoms with E-state index in [1.54, 1.807) is 0 Å². The van der Waals surface area contributed by atoms with Crippen LogP contribution in [0.4, 0.5) is 4.79 Å². The van der Waals surface area contributed by atoms with Crippen molar-refractivity contribution in [1.29, 1.82) is 0 Å². The first-order valence-corrected chi connectivity index (χ1v) is 8.90. The Balaban J connectivity index is 1.91. The second-order valence-corrected chi connectivity index (χ2v) is 6.59. The molecule has 3 rings (SSSR count). The smallest absolute Gasteiger partial charge is 0.312 e. The molecule has 1 saturated carbocycles. The highest BCUT2D eigenvalue weighted by molar-refractivity contribution is 5.85. The summed E-state index contributed by atoms with van der Waals surface area (Å²) in [4.78, 5) is 11.5. The summed E-state index contributed by atoms with van der Waals surface area (Å²) < 4.78 is 5.57. The molecular weight excluding hydrogens is 300 g/mol. The summed E-state index contributed by atoms with van der Waals surface area (Å²) in [6.07, 6.45) is 6.04. The highest BCUT2D eigenvalue weighted by Crippen LogP contribution is 2.35. The Morgan fingerprint density at radius 3 is 2.58 bits per heavy atom. The summed E-state index contributed by atoms with van der Waals surface area (Å²) >= 11 is 0. The number of primary amides is 1. The van der Waals surface area contributed by atoms with E-state index >= 15 is 0 Å².